The smallest absolute Gasteiger partial charge is 0.150 e. The van der Waals surface area contributed by atoms with E-state index in [4.69, 9.17) is 0 Å². The van der Waals surface area contributed by atoms with E-state index >= 15 is 0 Å². The molecule has 0 aliphatic rings. The maximum atomic E-state index is 4.44. The molecule has 3 rings (SSSR count). The third kappa shape index (κ3) is 2.91. The van der Waals surface area contributed by atoms with Crippen LogP contribution < -0.4 is 5.32 Å². The highest BCUT2D eigenvalue weighted by molar-refractivity contribution is 7.13. The number of benzene rings is 1. The molecule has 0 saturated heterocycles. The molecule has 2 heterocycles. The highest BCUT2D eigenvalue weighted by Crippen LogP contribution is 2.22. The number of nitrogens with one attached hydrogen (secondary N) is 1. The largest absolute Gasteiger partial charge is 0.383 e. The predicted molar refractivity (Wildman–Crippen MR) is 85.2 cm³/mol. The Hall–Kier alpha value is -2.07. The second kappa shape index (κ2) is 5.92. The lowest BCUT2D eigenvalue weighted by atomic mass is 10.2. The van der Waals surface area contributed by atoms with Crippen molar-refractivity contribution in [3.63, 3.8) is 0 Å². The minimum atomic E-state index is 0.887. The molecule has 0 aliphatic heterocycles. The van der Waals surface area contributed by atoms with Crippen molar-refractivity contribution in [2.75, 3.05) is 11.9 Å². The quantitative estimate of drug-likeness (QED) is 0.766. The van der Waals surface area contributed by atoms with E-state index < -0.39 is 0 Å². The molecule has 1 N–H and O–H groups in total. The van der Waals surface area contributed by atoms with Crippen LogP contribution in [0.2, 0.25) is 0 Å². The van der Waals surface area contributed by atoms with Gasteiger partial charge in [0.15, 0.2) is 0 Å². The van der Waals surface area contributed by atoms with Crippen LogP contribution in [0.15, 0.2) is 54.2 Å². The molecule has 1 aromatic carbocycles. The van der Waals surface area contributed by atoms with Crippen molar-refractivity contribution in [2.45, 2.75) is 13.5 Å². The highest BCUT2D eigenvalue weighted by atomic mass is 32.1. The van der Waals surface area contributed by atoms with Gasteiger partial charge in [-0.25, -0.2) is 4.98 Å². The van der Waals surface area contributed by atoms with Gasteiger partial charge in [0, 0.05) is 31.2 Å². The third-order valence-electron chi connectivity index (χ3n) is 3.16. The lowest BCUT2D eigenvalue weighted by Gasteiger charge is -2.09. The van der Waals surface area contributed by atoms with Gasteiger partial charge in [-0.15, -0.1) is 11.3 Å². The summed E-state index contributed by atoms with van der Waals surface area (Å²) in [5.41, 5.74) is 2.44. The fraction of sp³-hybridized carbons (Fsp3) is 0.188. The van der Waals surface area contributed by atoms with E-state index in [1.807, 2.05) is 12.4 Å². The number of thiophene rings is 1. The zero-order valence-electron chi connectivity index (χ0n) is 11.4. The van der Waals surface area contributed by atoms with Crippen molar-refractivity contribution in [2.24, 2.45) is 0 Å². The number of aromatic nitrogens is 2. The van der Waals surface area contributed by atoms with Gasteiger partial charge in [-0.1, -0.05) is 18.2 Å². The zero-order chi connectivity index (χ0) is 13.8. The molecule has 0 bridgehead atoms. The summed E-state index contributed by atoms with van der Waals surface area (Å²) in [5, 5.41) is 5.53. The second-order valence-electron chi connectivity index (χ2n) is 4.72. The Bertz CT molecular complexity index is 671. The van der Waals surface area contributed by atoms with Crippen LogP contribution in [-0.4, -0.2) is 16.1 Å². The number of imidazole rings is 1. The van der Waals surface area contributed by atoms with E-state index in [1.165, 1.54) is 16.1 Å². The van der Waals surface area contributed by atoms with Gasteiger partial charge in [-0.2, -0.15) is 0 Å². The van der Waals surface area contributed by atoms with Crippen LogP contribution in [0.3, 0.4) is 0 Å². The van der Waals surface area contributed by atoms with Gasteiger partial charge in [0.1, 0.15) is 5.82 Å². The SMILES string of the molecule is Cc1cccc(NCCn2ccnc2-c2cccs2)c1. The number of nitrogens with zero attached hydrogens (tertiary/aromatic N) is 2. The fourth-order valence-electron chi connectivity index (χ4n) is 2.20. The van der Waals surface area contributed by atoms with E-state index in [2.05, 4.69) is 63.6 Å². The topological polar surface area (TPSA) is 29.9 Å². The first-order valence-corrected chi connectivity index (χ1v) is 7.56. The van der Waals surface area contributed by atoms with Crippen LogP contribution >= 0.6 is 11.3 Å². The van der Waals surface area contributed by atoms with Gasteiger partial charge in [0.05, 0.1) is 4.88 Å². The Morgan fingerprint density at radius 1 is 1.25 bits per heavy atom. The molecule has 20 heavy (non-hydrogen) atoms. The molecule has 0 spiro atoms. The van der Waals surface area contributed by atoms with Gasteiger partial charge < -0.3 is 9.88 Å². The Labute approximate surface area is 122 Å². The molecular weight excluding hydrogens is 266 g/mol. The third-order valence-corrected chi connectivity index (χ3v) is 4.02. The molecule has 3 aromatic rings. The monoisotopic (exact) mass is 283 g/mol. The van der Waals surface area contributed by atoms with Gasteiger partial charge in [0.2, 0.25) is 0 Å². The van der Waals surface area contributed by atoms with Crippen molar-refractivity contribution < 1.29 is 0 Å². The van der Waals surface area contributed by atoms with Gasteiger partial charge in [-0.05, 0) is 36.1 Å². The summed E-state index contributed by atoms with van der Waals surface area (Å²) >= 11 is 1.72. The Morgan fingerprint density at radius 3 is 3.00 bits per heavy atom. The van der Waals surface area contributed by atoms with E-state index in [0.717, 1.165) is 18.9 Å². The van der Waals surface area contributed by atoms with Crippen molar-refractivity contribution >= 4 is 17.0 Å². The molecule has 102 valence electrons. The Balaban J connectivity index is 1.64. The molecular formula is C16H17N3S. The van der Waals surface area contributed by atoms with Gasteiger partial charge in [0.25, 0.3) is 0 Å². The first-order valence-electron chi connectivity index (χ1n) is 6.68. The molecule has 2 aromatic heterocycles. The maximum absolute atomic E-state index is 4.44. The molecule has 3 nitrogen and oxygen atoms in total. The van der Waals surface area contributed by atoms with Crippen LogP contribution in [0.25, 0.3) is 10.7 Å². The molecule has 0 saturated carbocycles. The van der Waals surface area contributed by atoms with Crippen molar-refractivity contribution in [1.29, 1.82) is 0 Å². The molecule has 0 fully saturated rings. The van der Waals surface area contributed by atoms with E-state index in [9.17, 15) is 0 Å². The van der Waals surface area contributed by atoms with Crippen LogP contribution in [0, 0.1) is 6.92 Å². The minimum Gasteiger partial charge on any atom is -0.383 e. The van der Waals surface area contributed by atoms with Crippen LogP contribution in [0.1, 0.15) is 5.56 Å². The number of hydrogen-bond donors (Lipinski definition) is 1. The van der Waals surface area contributed by atoms with Gasteiger partial charge in [-0.3, -0.25) is 0 Å². The lowest BCUT2D eigenvalue weighted by Crippen LogP contribution is -2.10. The van der Waals surface area contributed by atoms with E-state index in [0.29, 0.717) is 0 Å². The number of anilines is 1. The zero-order valence-corrected chi connectivity index (χ0v) is 12.2. The van der Waals surface area contributed by atoms with E-state index in [1.54, 1.807) is 11.3 Å². The van der Waals surface area contributed by atoms with Crippen LogP contribution in [0.4, 0.5) is 5.69 Å². The predicted octanol–water partition coefficient (Wildman–Crippen LogP) is 4.03. The highest BCUT2D eigenvalue weighted by Gasteiger charge is 2.06. The first-order chi connectivity index (χ1) is 9.83. The maximum Gasteiger partial charge on any atom is 0.150 e. The summed E-state index contributed by atoms with van der Waals surface area (Å²) in [6, 6.07) is 12.6. The minimum absolute atomic E-state index is 0.887. The summed E-state index contributed by atoms with van der Waals surface area (Å²) in [4.78, 5) is 5.66. The number of hydrogen-bond acceptors (Lipinski definition) is 3. The fourth-order valence-corrected chi connectivity index (χ4v) is 2.93. The van der Waals surface area contributed by atoms with Gasteiger partial charge >= 0.3 is 0 Å². The lowest BCUT2D eigenvalue weighted by molar-refractivity contribution is 0.736. The average molecular weight is 283 g/mol. The normalized spacial score (nSPS) is 10.7. The molecule has 0 radical (unpaired) electrons. The molecule has 0 atom stereocenters. The Morgan fingerprint density at radius 2 is 2.20 bits per heavy atom. The number of rotatable bonds is 5. The number of aryl methyl sites for hydroxylation is 1. The van der Waals surface area contributed by atoms with E-state index in [-0.39, 0.29) is 0 Å². The molecule has 4 heteroatoms. The summed E-state index contributed by atoms with van der Waals surface area (Å²) in [6.07, 6.45) is 3.90. The summed E-state index contributed by atoms with van der Waals surface area (Å²) in [5.74, 6) is 1.05. The van der Waals surface area contributed by atoms with Crippen LogP contribution in [-0.2, 0) is 6.54 Å². The Kier molecular flexibility index (Phi) is 3.83. The van der Waals surface area contributed by atoms with Crippen LogP contribution in [0.5, 0.6) is 0 Å². The standard InChI is InChI=1S/C16H17N3S/c1-13-4-2-5-14(12-13)17-7-9-19-10-8-18-16(19)15-6-3-11-20-15/h2-6,8,10-12,17H,7,9H2,1H3. The van der Waals surface area contributed by atoms with Crippen molar-refractivity contribution in [3.05, 3.63) is 59.7 Å². The average Bonchev–Trinajstić information content (AvgIpc) is 3.09. The van der Waals surface area contributed by atoms with Crippen molar-refractivity contribution in [1.82, 2.24) is 9.55 Å². The summed E-state index contributed by atoms with van der Waals surface area (Å²) in [7, 11) is 0. The summed E-state index contributed by atoms with van der Waals surface area (Å²) < 4.78 is 2.19. The summed E-state index contributed by atoms with van der Waals surface area (Å²) in [6.45, 7) is 3.90. The second-order valence-corrected chi connectivity index (χ2v) is 5.67. The molecule has 0 amide bonds. The first kappa shape index (κ1) is 12.9. The molecule has 0 unspecified atom stereocenters. The van der Waals surface area contributed by atoms with Crippen molar-refractivity contribution in [3.8, 4) is 10.7 Å². The molecule has 0 aliphatic carbocycles.